The van der Waals surface area contributed by atoms with Gasteiger partial charge in [-0.2, -0.15) is 4.99 Å². The zero-order chi connectivity index (χ0) is 13.5. The smallest absolute Gasteiger partial charge is 0.295 e. The maximum atomic E-state index is 12.0. The van der Waals surface area contributed by atoms with Gasteiger partial charge in [-0.1, -0.05) is 6.07 Å². The van der Waals surface area contributed by atoms with Crippen molar-refractivity contribution in [3.05, 3.63) is 22.4 Å². The van der Waals surface area contributed by atoms with E-state index in [4.69, 9.17) is 9.47 Å². The van der Waals surface area contributed by atoms with Crippen LogP contribution in [0.3, 0.4) is 0 Å². The van der Waals surface area contributed by atoms with Gasteiger partial charge in [0.1, 0.15) is 6.61 Å². The molecule has 2 rings (SSSR count). The molecular formula is C13H18N2O3S. The molecule has 0 unspecified atom stereocenters. The van der Waals surface area contributed by atoms with Gasteiger partial charge >= 0.3 is 0 Å². The summed E-state index contributed by atoms with van der Waals surface area (Å²) in [6.07, 6.45) is 2.22. The molecule has 1 fully saturated rings. The fourth-order valence-electron chi connectivity index (χ4n) is 1.86. The summed E-state index contributed by atoms with van der Waals surface area (Å²) < 4.78 is 10.5. The van der Waals surface area contributed by atoms with Gasteiger partial charge < -0.3 is 14.4 Å². The van der Waals surface area contributed by atoms with Crippen LogP contribution in [0.15, 0.2) is 22.5 Å². The Hall–Kier alpha value is -1.40. The van der Waals surface area contributed by atoms with Crippen molar-refractivity contribution < 1.29 is 14.3 Å². The Labute approximate surface area is 116 Å². The molecule has 0 aliphatic carbocycles. The highest BCUT2D eigenvalue weighted by Gasteiger charge is 2.19. The molecular weight excluding hydrogens is 264 g/mol. The van der Waals surface area contributed by atoms with Crippen LogP contribution >= 0.6 is 11.3 Å². The van der Waals surface area contributed by atoms with E-state index in [0.29, 0.717) is 24.1 Å². The van der Waals surface area contributed by atoms with E-state index in [1.165, 1.54) is 11.3 Å². The topological polar surface area (TPSA) is 51.1 Å². The van der Waals surface area contributed by atoms with Gasteiger partial charge in [-0.25, -0.2) is 0 Å². The Morgan fingerprint density at radius 1 is 1.42 bits per heavy atom. The van der Waals surface area contributed by atoms with Gasteiger partial charge in [-0.05, 0) is 24.3 Å². The fourth-order valence-corrected chi connectivity index (χ4v) is 2.47. The molecule has 1 aromatic heterocycles. The number of likely N-dealkylation sites (tertiary alicyclic amines) is 1. The summed E-state index contributed by atoms with van der Waals surface area (Å²) in [5, 5.41) is 1.87. The molecule has 1 aromatic rings. The van der Waals surface area contributed by atoms with Crippen LogP contribution in [0.25, 0.3) is 0 Å². The summed E-state index contributed by atoms with van der Waals surface area (Å²) in [6, 6.07) is 4.04. The molecule has 0 spiro atoms. The molecule has 0 bridgehead atoms. The normalized spacial score (nSPS) is 15.8. The number of amidine groups is 1. The van der Waals surface area contributed by atoms with E-state index in [2.05, 4.69) is 4.99 Å². The molecule has 2 heterocycles. The zero-order valence-corrected chi connectivity index (χ0v) is 11.8. The van der Waals surface area contributed by atoms with E-state index in [1.807, 2.05) is 16.3 Å². The summed E-state index contributed by atoms with van der Waals surface area (Å²) in [5.74, 6) is -0.241. The Bertz CT molecular complexity index is 425. The maximum Gasteiger partial charge on any atom is 0.295 e. The first-order chi connectivity index (χ1) is 9.31. The van der Waals surface area contributed by atoms with Crippen molar-refractivity contribution in [2.75, 3.05) is 33.4 Å². The minimum absolute atomic E-state index is 0.241. The highest BCUT2D eigenvalue weighted by molar-refractivity contribution is 7.12. The van der Waals surface area contributed by atoms with Crippen LogP contribution < -0.4 is 0 Å². The van der Waals surface area contributed by atoms with Crippen LogP contribution in [0.1, 0.15) is 22.5 Å². The van der Waals surface area contributed by atoms with Crippen molar-refractivity contribution in [2.45, 2.75) is 12.8 Å². The van der Waals surface area contributed by atoms with Crippen molar-refractivity contribution in [3.8, 4) is 0 Å². The minimum Gasteiger partial charge on any atom is -0.462 e. The molecule has 0 radical (unpaired) electrons. The first-order valence-corrected chi connectivity index (χ1v) is 7.22. The van der Waals surface area contributed by atoms with Crippen LogP contribution in [0, 0.1) is 0 Å². The molecule has 1 amide bonds. The third kappa shape index (κ3) is 4.04. The first-order valence-electron chi connectivity index (χ1n) is 6.34. The number of ether oxygens (including phenoxy) is 2. The van der Waals surface area contributed by atoms with Gasteiger partial charge in [0.2, 0.25) is 0 Å². The Balaban J connectivity index is 2.04. The number of hydrogen-bond donors (Lipinski definition) is 0. The number of thiophene rings is 1. The van der Waals surface area contributed by atoms with Gasteiger partial charge in [-0.3, -0.25) is 4.79 Å². The predicted octanol–water partition coefficient (Wildman–Crippen LogP) is 2.00. The summed E-state index contributed by atoms with van der Waals surface area (Å²) in [6.45, 7) is 2.68. The summed E-state index contributed by atoms with van der Waals surface area (Å²) >= 11 is 1.39. The molecule has 104 valence electrons. The molecule has 0 saturated carbocycles. The van der Waals surface area contributed by atoms with E-state index in [1.54, 1.807) is 13.2 Å². The van der Waals surface area contributed by atoms with Crippen LogP contribution in [-0.4, -0.2) is 50.2 Å². The Morgan fingerprint density at radius 3 is 2.84 bits per heavy atom. The van der Waals surface area contributed by atoms with Crippen molar-refractivity contribution >= 4 is 23.3 Å². The number of carbonyl (C=O) groups excluding carboxylic acids is 1. The molecule has 6 heteroatoms. The van der Waals surface area contributed by atoms with Crippen LogP contribution in [0.4, 0.5) is 0 Å². The quantitative estimate of drug-likeness (QED) is 0.481. The number of aliphatic imine (C=N–C) groups is 1. The molecule has 0 aromatic carbocycles. The average Bonchev–Trinajstić information content (AvgIpc) is 3.10. The second-order valence-corrected chi connectivity index (χ2v) is 5.16. The Morgan fingerprint density at radius 2 is 2.21 bits per heavy atom. The maximum absolute atomic E-state index is 12.0. The SMILES string of the molecule is COCCOC(=NC(=O)c1cccs1)N1CCCC1. The minimum atomic E-state index is -0.241. The van der Waals surface area contributed by atoms with E-state index in [-0.39, 0.29) is 5.91 Å². The summed E-state index contributed by atoms with van der Waals surface area (Å²) in [7, 11) is 1.62. The van der Waals surface area contributed by atoms with E-state index >= 15 is 0 Å². The fraction of sp³-hybridized carbons (Fsp3) is 0.538. The molecule has 1 aliphatic heterocycles. The number of rotatable bonds is 4. The second-order valence-electron chi connectivity index (χ2n) is 4.21. The third-order valence-corrected chi connectivity index (χ3v) is 3.68. The number of nitrogens with zero attached hydrogens (tertiary/aromatic N) is 2. The van der Waals surface area contributed by atoms with Gasteiger partial charge in [0.15, 0.2) is 0 Å². The summed E-state index contributed by atoms with van der Waals surface area (Å²) in [4.78, 5) is 18.7. The van der Waals surface area contributed by atoms with Gasteiger partial charge in [-0.15, -0.1) is 11.3 Å². The first kappa shape index (κ1) is 14.0. The highest BCUT2D eigenvalue weighted by atomic mass is 32.1. The summed E-state index contributed by atoms with van der Waals surface area (Å²) in [5.41, 5.74) is 0. The van der Waals surface area contributed by atoms with Gasteiger partial charge in [0, 0.05) is 20.2 Å². The van der Waals surface area contributed by atoms with Crippen LogP contribution in [0.2, 0.25) is 0 Å². The van der Waals surface area contributed by atoms with Crippen molar-refractivity contribution in [1.82, 2.24) is 4.90 Å². The lowest BCUT2D eigenvalue weighted by Crippen LogP contribution is -2.31. The molecule has 0 N–H and O–H groups in total. The second kappa shape index (κ2) is 7.25. The van der Waals surface area contributed by atoms with Gasteiger partial charge in [0.25, 0.3) is 11.9 Å². The number of hydrogen-bond acceptors (Lipinski definition) is 4. The predicted molar refractivity (Wildman–Crippen MR) is 74.7 cm³/mol. The molecule has 1 aliphatic rings. The van der Waals surface area contributed by atoms with E-state index < -0.39 is 0 Å². The van der Waals surface area contributed by atoms with Crippen molar-refractivity contribution in [2.24, 2.45) is 4.99 Å². The molecule has 19 heavy (non-hydrogen) atoms. The van der Waals surface area contributed by atoms with Crippen LogP contribution in [0.5, 0.6) is 0 Å². The largest absolute Gasteiger partial charge is 0.462 e. The molecule has 5 nitrogen and oxygen atoms in total. The highest BCUT2D eigenvalue weighted by Crippen LogP contribution is 2.13. The average molecular weight is 282 g/mol. The van der Waals surface area contributed by atoms with E-state index in [9.17, 15) is 4.79 Å². The monoisotopic (exact) mass is 282 g/mol. The number of carbonyl (C=O) groups is 1. The van der Waals surface area contributed by atoms with Crippen molar-refractivity contribution in [1.29, 1.82) is 0 Å². The number of methoxy groups -OCH3 is 1. The zero-order valence-electron chi connectivity index (χ0n) is 11.0. The standard InChI is InChI=1S/C13H18N2O3S/c1-17-8-9-18-13(15-6-2-3-7-15)14-12(16)11-5-4-10-19-11/h4-5,10H,2-3,6-9H2,1H3. The van der Waals surface area contributed by atoms with E-state index in [0.717, 1.165) is 25.9 Å². The lowest BCUT2D eigenvalue weighted by molar-refractivity contribution is 0.0988. The lowest BCUT2D eigenvalue weighted by Gasteiger charge is -2.19. The number of amides is 1. The van der Waals surface area contributed by atoms with Crippen LogP contribution in [-0.2, 0) is 9.47 Å². The van der Waals surface area contributed by atoms with Crippen molar-refractivity contribution in [3.63, 3.8) is 0 Å². The molecule has 0 atom stereocenters. The lowest BCUT2D eigenvalue weighted by atomic mass is 10.4. The molecule has 1 saturated heterocycles. The Kier molecular flexibility index (Phi) is 5.35. The van der Waals surface area contributed by atoms with Gasteiger partial charge in [0.05, 0.1) is 11.5 Å². The third-order valence-electron chi connectivity index (χ3n) is 2.82.